The van der Waals surface area contributed by atoms with Crippen molar-refractivity contribution in [1.29, 1.82) is 0 Å². The Morgan fingerprint density at radius 1 is 1.04 bits per heavy atom. The summed E-state index contributed by atoms with van der Waals surface area (Å²) in [5.74, 6) is -0.219. The smallest absolute Gasteiger partial charge is 0.376 e. The van der Waals surface area contributed by atoms with Crippen LogP contribution in [0, 0.1) is 5.82 Å². The number of piperazine rings is 1. The van der Waals surface area contributed by atoms with E-state index in [9.17, 15) is 31.1 Å². The molecule has 1 aromatic carbocycles. The number of piperidine rings is 1. The SMILES string of the molecule is O=S(=O)(N1CCC(c2ccc(F)cc2)CC1)N1CCN(CC(F)(F)F)CC1O. The van der Waals surface area contributed by atoms with E-state index in [1.54, 1.807) is 12.1 Å². The zero-order valence-corrected chi connectivity index (χ0v) is 16.0. The van der Waals surface area contributed by atoms with Gasteiger partial charge < -0.3 is 5.11 Å². The minimum absolute atomic E-state index is 0.0954. The second-order valence-electron chi connectivity index (χ2n) is 7.17. The minimum atomic E-state index is -4.40. The molecule has 2 aliphatic rings. The van der Waals surface area contributed by atoms with Crippen molar-refractivity contribution in [2.75, 3.05) is 39.3 Å². The second-order valence-corrected chi connectivity index (χ2v) is 9.06. The van der Waals surface area contributed by atoms with Crippen molar-refractivity contribution in [3.05, 3.63) is 35.6 Å². The molecule has 2 heterocycles. The number of hydrogen-bond acceptors (Lipinski definition) is 4. The lowest BCUT2D eigenvalue weighted by atomic mass is 9.90. The molecule has 0 saturated carbocycles. The minimum Gasteiger partial charge on any atom is -0.376 e. The third-order valence-electron chi connectivity index (χ3n) is 5.21. The van der Waals surface area contributed by atoms with Crippen LogP contribution in [0.4, 0.5) is 17.6 Å². The Hall–Kier alpha value is -1.27. The third-order valence-corrected chi connectivity index (χ3v) is 7.25. The van der Waals surface area contributed by atoms with E-state index in [-0.39, 0.29) is 44.5 Å². The fraction of sp³-hybridized carbons (Fsp3) is 0.647. The van der Waals surface area contributed by atoms with Crippen LogP contribution in [0.1, 0.15) is 24.3 Å². The molecule has 1 N–H and O–H groups in total. The number of rotatable bonds is 4. The van der Waals surface area contributed by atoms with Crippen molar-refractivity contribution >= 4 is 10.2 Å². The van der Waals surface area contributed by atoms with Gasteiger partial charge in [-0.15, -0.1) is 0 Å². The fourth-order valence-corrected chi connectivity index (χ4v) is 5.43. The fourth-order valence-electron chi connectivity index (χ4n) is 3.77. The predicted octanol–water partition coefficient (Wildman–Crippen LogP) is 1.75. The van der Waals surface area contributed by atoms with Gasteiger partial charge in [-0.2, -0.15) is 30.2 Å². The van der Waals surface area contributed by atoms with E-state index in [2.05, 4.69) is 0 Å². The summed E-state index contributed by atoms with van der Waals surface area (Å²) in [6, 6.07) is 6.12. The van der Waals surface area contributed by atoms with Crippen molar-refractivity contribution in [1.82, 2.24) is 13.5 Å². The molecule has 6 nitrogen and oxygen atoms in total. The highest BCUT2D eigenvalue weighted by molar-refractivity contribution is 7.86. The molecule has 2 aliphatic heterocycles. The van der Waals surface area contributed by atoms with Gasteiger partial charge in [-0.1, -0.05) is 12.1 Å². The highest BCUT2D eigenvalue weighted by Crippen LogP contribution is 2.30. The Bertz CT molecular complexity index is 765. The van der Waals surface area contributed by atoms with Crippen molar-refractivity contribution in [3.8, 4) is 0 Å². The number of benzene rings is 1. The molecule has 0 radical (unpaired) electrons. The van der Waals surface area contributed by atoms with Crippen LogP contribution in [0.15, 0.2) is 24.3 Å². The molecule has 1 atom stereocenters. The first-order valence-electron chi connectivity index (χ1n) is 9.06. The lowest BCUT2D eigenvalue weighted by Crippen LogP contribution is -2.59. The Balaban J connectivity index is 1.59. The summed E-state index contributed by atoms with van der Waals surface area (Å²) in [5.41, 5.74) is 0.944. The maximum absolute atomic E-state index is 13.1. The van der Waals surface area contributed by atoms with E-state index in [0.29, 0.717) is 12.8 Å². The molecule has 11 heteroatoms. The van der Waals surface area contributed by atoms with Crippen LogP contribution in [0.5, 0.6) is 0 Å². The molecule has 0 bridgehead atoms. The number of aliphatic hydroxyl groups excluding tert-OH is 1. The van der Waals surface area contributed by atoms with Gasteiger partial charge in [0.15, 0.2) is 0 Å². The van der Waals surface area contributed by atoms with E-state index in [4.69, 9.17) is 0 Å². The zero-order chi connectivity index (χ0) is 20.5. The van der Waals surface area contributed by atoms with Crippen LogP contribution >= 0.6 is 0 Å². The van der Waals surface area contributed by atoms with Gasteiger partial charge in [0.1, 0.15) is 12.0 Å². The van der Waals surface area contributed by atoms with Gasteiger partial charge in [0, 0.05) is 32.7 Å². The van der Waals surface area contributed by atoms with Gasteiger partial charge in [-0.05, 0) is 36.5 Å². The number of hydrogen-bond donors (Lipinski definition) is 1. The van der Waals surface area contributed by atoms with E-state index in [0.717, 1.165) is 14.8 Å². The first kappa shape index (κ1) is 21.4. The van der Waals surface area contributed by atoms with Gasteiger partial charge in [0.25, 0.3) is 10.2 Å². The molecule has 28 heavy (non-hydrogen) atoms. The standard InChI is InChI=1S/C17H23F4N3O3S/c18-15-3-1-13(2-4-15)14-5-7-23(8-6-14)28(26,27)24-10-9-22(11-16(24)25)12-17(19,20)21/h1-4,14,16,25H,5-12H2. The number of aliphatic hydroxyl groups is 1. The third kappa shape index (κ3) is 5.01. The van der Waals surface area contributed by atoms with Gasteiger partial charge in [-0.25, -0.2) is 4.39 Å². The van der Waals surface area contributed by atoms with Crippen molar-refractivity contribution in [2.24, 2.45) is 0 Å². The summed E-state index contributed by atoms with van der Waals surface area (Å²) in [6.07, 6.45) is -4.82. The lowest BCUT2D eigenvalue weighted by molar-refractivity contribution is -0.156. The summed E-state index contributed by atoms with van der Waals surface area (Å²) in [6.45, 7) is -1.38. The Labute approximate surface area is 161 Å². The average molecular weight is 425 g/mol. The molecule has 0 amide bonds. The summed E-state index contributed by atoms with van der Waals surface area (Å²) in [4.78, 5) is 0.997. The van der Waals surface area contributed by atoms with Gasteiger partial charge >= 0.3 is 6.18 Å². The first-order chi connectivity index (χ1) is 13.1. The van der Waals surface area contributed by atoms with E-state index in [1.165, 1.54) is 16.4 Å². The van der Waals surface area contributed by atoms with Crippen LogP contribution in [-0.2, 0) is 10.2 Å². The molecular formula is C17H23F4N3O3S. The Morgan fingerprint density at radius 2 is 1.64 bits per heavy atom. The van der Waals surface area contributed by atoms with E-state index in [1.807, 2.05) is 0 Å². The molecule has 1 aromatic rings. The molecule has 0 spiro atoms. The van der Waals surface area contributed by atoms with Crippen LogP contribution in [0.3, 0.4) is 0 Å². The number of β-amino-alcohol motifs (C(OH)–C–C–N with tert-alkyl or cyclic N) is 1. The summed E-state index contributed by atoms with van der Waals surface area (Å²) in [5, 5.41) is 10.1. The summed E-state index contributed by atoms with van der Waals surface area (Å²) >= 11 is 0. The topological polar surface area (TPSA) is 64.1 Å². The van der Waals surface area contributed by atoms with Gasteiger partial charge in [0.05, 0.1) is 6.54 Å². The van der Waals surface area contributed by atoms with E-state index < -0.39 is 29.2 Å². The summed E-state index contributed by atoms with van der Waals surface area (Å²) < 4.78 is 78.4. The van der Waals surface area contributed by atoms with Crippen LogP contribution in [0.2, 0.25) is 0 Å². The maximum Gasteiger partial charge on any atom is 0.401 e. The molecule has 0 aromatic heterocycles. The molecule has 158 valence electrons. The number of halogens is 4. The van der Waals surface area contributed by atoms with Crippen LogP contribution < -0.4 is 0 Å². The average Bonchev–Trinajstić information content (AvgIpc) is 2.61. The molecule has 2 saturated heterocycles. The molecule has 3 rings (SSSR count). The first-order valence-corrected chi connectivity index (χ1v) is 10.5. The molecular weight excluding hydrogens is 402 g/mol. The van der Waals surface area contributed by atoms with Crippen molar-refractivity contribution < 1.29 is 31.1 Å². The number of nitrogens with zero attached hydrogens (tertiary/aromatic N) is 3. The van der Waals surface area contributed by atoms with Gasteiger partial charge in [0.2, 0.25) is 0 Å². The van der Waals surface area contributed by atoms with Crippen LogP contribution in [0.25, 0.3) is 0 Å². The lowest BCUT2D eigenvalue weighted by Gasteiger charge is -2.41. The quantitative estimate of drug-likeness (QED) is 0.747. The maximum atomic E-state index is 13.1. The largest absolute Gasteiger partial charge is 0.401 e. The highest BCUT2D eigenvalue weighted by Gasteiger charge is 2.41. The molecule has 2 fully saturated rings. The van der Waals surface area contributed by atoms with Gasteiger partial charge in [-0.3, -0.25) is 4.90 Å². The van der Waals surface area contributed by atoms with Crippen LogP contribution in [-0.4, -0.2) is 78.7 Å². The molecule has 0 aliphatic carbocycles. The van der Waals surface area contributed by atoms with Crippen molar-refractivity contribution in [3.63, 3.8) is 0 Å². The zero-order valence-electron chi connectivity index (χ0n) is 15.1. The molecule has 1 unspecified atom stereocenters. The monoisotopic (exact) mass is 425 g/mol. The second kappa shape index (κ2) is 8.23. The Morgan fingerprint density at radius 3 is 2.18 bits per heavy atom. The Kier molecular flexibility index (Phi) is 6.30. The normalized spacial score (nSPS) is 24.5. The summed E-state index contributed by atoms with van der Waals surface area (Å²) in [7, 11) is -3.96. The predicted molar refractivity (Wildman–Crippen MR) is 94.1 cm³/mol. The van der Waals surface area contributed by atoms with E-state index >= 15 is 0 Å². The number of alkyl halides is 3. The highest BCUT2D eigenvalue weighted by atomic mass is 32.2. The van der Waals surface area contributed by atoms with Crippen molar-refractivity contribution in [2.45, 2.75) is 31.2 Å².